The van der Waals surface area contributed by atoms with E-state index in [1.807, 2.05) is 18.2 Å². The van der Waals surface area contributed by atoms with E-state index in [0.717, 1.165) is 22.2 Å². The van der Waals surface area contributed by atoms with Crippen molar-refractivity contribution in [1.82, 2.24) is 4.98 Å². The Bertz CT molecular complexity index is 561. The molecule has 0 N–H and O–H groups in total. The maximum atomic E-state index is 5.99. The third kappa shape index (κ3) is 1.47. The molecule has 16 heavy (non-hydrogen) atoms. The van der Waals surface area contributed by atoms with E-state index in [0.29, 0.717) is 16.8 Å². The zero-order valence-corrected chi connectivity index (χ0v) is 9.68. The average molecular weight is 256 g/mol. The Morgan fingerprint density at radius 2 is 1.94 bits per heavy atom. The Kier molecular flexibility index (Phi) is 2.30. The lowest BCUT2D eigenvalue weighted by Crippen LogP contribution is -1.92. The highest BCUT2D eigenvalue weighted by Crippen LogP contribution is 2.36. The lowest BCUT2D eigenvalue weighted by Gasteiger charge is -2.04. The van der Waals surface area contributed by atoms with Gasteiger partial charge in [-0.1, -0.05) is 11.6 Å². The summed E-state index contributed by atoms with van der Waals surface area (Å²) in [6.45, 7) is 0.252. The van der Waals surface area contributed by atoms with E-state index in [2.05, 4.69) is 4.98 Å². The fourth-order valence-electron chi connectivity index (χ4n) is 1.68. The Labute approximate surface area is 102 Å². The summed E-state index contributed by atoms with van der Waals surface area (Å²) in [6, 6.07) is 5.62. The van der Waals surface area contributed by atoms with Gasteiger partial charge in [0.1, 0.15) is 5.15 Å². The van der Waals surface area contributed by atoms with Crippen molar-refractivity contribution in [2.45, 2.75) is 5.88 Å². The van der Waals surface area contributed by atoms with Crippen molar-refractivity contribution in [3.05, 3.63) is 28.9 Å². The number of benzene rings is 1. The molecule has 0 atom stereocenters. The number of pyridine rings is 1. The van der Waals surface area contributed by atoms with Crippen LogP contribution in [0.2, 0.25) is 5.15 Å². The summed E-state index contributed by atoms with van der Waals surface area (Å²) in [6.07, 6.45) is 0. The third-order valence-electron chi connectivity index (χ3n) is 2.48. The zero-order chi connectivity index (χ0) is 11.1. The normalized spacial score (nSPS) is 13.4. The molecule has 0 spiro atoms. The van der Waals surface area contributed by atoms with E-state index in [-0.39, 0.29) is 6.79 Å². The SMILES string of the molecule is ClCc1cc2cc3c(cc2nc1Cl)OCO3. The molecule has 2 heterocycles. The van der Waals surface area contributed by atoms with Gasteiger partial charge >= 0.3 is 0 Å². The highest BCUT2D eigenvalue weighted by atomic mass is 35.5. The second-order valence-electron chi connectivity index (χ2n) is 3.47. The van der Waals surface area contributed by atoms with Crippen molar-refractivity contribution in [1.29, 1.82) is 0 Å². The Morgan fingerprint density at radius 1 is 1.19 bits per heavy atom. The van der Waals surface area contributed by atoms with Crippen molar-refractivity contribution in [3.8, 4) is 11.5 Å². The first-order valence-electron chi connectivity index (χ1n) is 4.72. The van der Waals surface area contributed by atoms with Gasteiger partial charge in [-0.2, -0.15) is 0 Å². The summed E-state index contributed by atoms with van der Waals surface area (Å²) >= 11 is 11.8. The maximum Gasteiger partial charge on any atom is 0.231 e. The number of rotatable bonds is 1. The number of aromatic nitrogens is 1. The van der Waals surface area contributed by atoms with Crippen LogP contribution in [0, 0.1) is 0 Å². The molecule has 1 aliphatic heterocycles. The minimum absolute atomic E-state index is 0.252. The van der Waals surface area contributed by atoms with Gasteiger partial charge in [-0.3, -0.25) is 0 Å². The van der Waals surface area contributed by atoms with Crippen molar-refractivity contribution >= 4 is 34.1 Å². The van der Waals surface area contributed by atoms with Crippen LogP contribution in [0.4, 0.5) is 0 Å². The Hall–Kier alpha value is -1.19. The van der Waals surface area contributed by atoms with Gasteiger partial charge in [0, 0.05) is 17.0 Å². The predicted molar refractivity (Wildman–Crippen MR) is 62.4 cm³/mol. The molecule has 0 saturated heterocycles. The fraction of sp³-hybridized carbons (Fsp3) is 0.182. The standard InChI is InChI=1S/C11H7Cl2NO2/c12-4-7-1-6-2-9-10(16-5-15-9)3-8(6)14-11(7)13/h1-3H,4-5H2. The highest BCUT2D eigenvalue weighted by Gasteiger charge is 2.15. The molecule has 0 amide bonds. The Balaban J connectivity index is 2.28. The second-order valence-corrected chi connectivity index (χ2v) is 4.10. The van der Waals surface area contributed by atoms with Crippen LogP contribution in [0.15, 0.2) is 18.2 Å². The fourth-order valence-corrected chi connectivity index (χ4v) is 2.16. The first kappa shape index (κ1) is 10.00. The molecule has 0 unspecified atom stereocenters. The van der Waals surface area contributed by atoms with Gasteiger partial charge in [0.25, 0.3) is 0 Å². The molecule has 5 heteroatoms. The van der Waals surface area contributed by atoms with Crippen LogP contribution in [0.25, 0.3) is 10.9 Å². The van der Waals surface area contributed by atoms with Crippen molar-refractivity contribution in [2.75, 3.05) is 6.79 Å². The molecule has 2 aromatic rings. The van der Waals surface area contributed by atoms with Gasteiger partial charge in [0.15, 0.2) is 11.5 Å². The van der Waals surface area contributed by atoms with Crippen LogP contribution in [0.1, 0.15) is 5.56 Å². The van der Waals surface area contributed by atoms with E-state index in [4.69, 9.17) is 32.7 Å². The predicted octanol–water partition coefficient (Wildman–Crippen LogP) is 3.36. The molecule has 3 nitrogen and oxygen atoms in total. The molecular formula is C11H7Cl2NO2. The van der Waals surface area contributed by atoms with Gasteiger partial charge in [-0.15, -0.1) is 11.6 Å². The first-order chi connectivity index (χ1) is 7.78. The van der Waals surface area contributed by atoms with E-state index in [1.54, 1.807) is 0 Å². The van der Waals surface area contributed by atoms with Gasteiger partial charge in [0.05, 0.1) is 11.4 Å². The van der Waals surface area contributed by atoms with Crippen LogP contribution in [-0.2, 0) is 5.88 Å². The average Bonchev–Trinajstić information content (AvgIpc) is 2.72. The van der Waals surface area contributed by atoms with E-state index in [9.17, 15) is 0 Å². The van der Waals surface area contributed by atoms with Crippen LogP contribution in [-0.4, -0.2) is 11.8 Å². The molecule has 1 aromatic carbocycles. The molecule has 82 valence electrons. The van der Waals surface area contributed by atoms with Gasteiger partial charge < -0.3 is 9.47 Å². The molecule has 0 aliphatic carbocycles. The van der Waals surface area contributed by atoms with Crippen molar-refractivity contribution in [3.63, 3.8) is 0 Å². The van der Waals surface area contributed by atoms with E-state index in [1.165, 1.54) is 0 Å². The molecule has 0 fully saturated rings. The summed E-state index contributed by atoms with van der Waals surface area (Å²) in [5.74, 6) is 1.78. The summed E-state index contributed by atoms with van der Waals surface area (Å²) in [5, 5.41) is 1.38. The van der Waals surface area contributed by atoms with Crippen molar-refractivity contribution < 1.29 is 9.47 Å². The van der Waals surface area contributed by atoms with Gasteiger partial charge in [-0.25, -0.2) is 4.98 Å². The first-order valence-corrected chi connectivity index (χ1v) is 5.64. The number of hydrogen-bond acceptors (Lipinski definition) is 3. The monoisotopic (exact) mass is 255 g/mol. The maximum absolute atomic E-state index is 5.99. The number of fused-ring (bicyclic) bond motifs is 2. The summed E-state index contributed by atoms with van der Waals surface area (Å²) in [7, 11) is 0. The molecule has 3 rings (SSSR count). The number of ether oxygens (including phenoxy) is 2. The Morgan fingerprint density at radius 3 is 2.69 bits per heavy atom. The van der Waals surface area contributed by atoms with Crippen LogP contribution >= 0.6 is 23.2 Å². The summed E-state index contributed by atoms with van der Waals surface area (Å²) in [4.78, 5) is 4.27. The van der Waals surface area contributed by atoms with Crippen LogP contribution in [0.5, 0.6) is 11.5 Å². The van der Waals surface area contributed by atoms with Gasteiger partial charge in [-0.05, 0) is 12.1 Å². The lowest BCUT2D eigenvalue weighted by atomic mass is 10.1. The smallest absolute Gasteiger partial charge is 0.231 e. The molecular weight excluding hydrogens is 249 g/mol. The number of alkyl halides is 1. The topological polar surface area (TPSA) is 31.4 Å². The molecule has 0 saturated carbocycles. The number of nitrogens with zero attached hydrogens (tertiary/aromatic N) is 1. The van der Waals surface area contributed by atoms with Crippen molar-refractivity contribution in [2.24, 2.45) is 0 Å². The molecule has 1 aliphatic rings. The molecule has 0 bridgehead atoms. The second kappa shape index (κ2) is 3.68. The summed E-state index contributed by atoms with van der Waals surface area (Å²) in [5.41, 5.74) is 1.60. The molecule has 0 radical (unpaired) electrons. The van der Waals surface area contributed by atoms with Crippen LogP contribution in [0.3, 0.4) is 0 Å². The van der Waals surface area contributed by atoms with E-state index < -0.39 is 0 Å². The molecule has 1 aromatic heterocycles. The van der Waals surface area contributed by atoms with E-state index >= 15 is 0 Å². The van der Waals surface area contributed by atoms with Crippen LogP contribution < -0.4 is 9.47 Å². The third-order valence-corrected chi connectivity index (χ3v) is 3.09. The lowest BCUT2D eigenvalue weighted by molar-refractivity contribution is 0.174. The number of halogens is 2. The zero-order valence-electron chi connectivity index (χ0n) is 8.17. The van der Waals surface area contributed by atoms with Gasteiger partial charge in [0.2, 0.25) is 6.79 Å². The highest BCUT2D eigenvalue weighted by molar-refractivity contribution is 6.31. The largest absolute Gasteiger partial charge is 0.454 e. The number of hydrogen-bond donors (Lipinski definition) is 0. The quantitative estimate of drug-likeness (QED) is 0.579. The minimum Gasteiger partial charge on any atom is -0.454 e. The minimum atomic E-state index is 0.252. The summed E-state index contributed by atoms with van der Waals surface area (Å²) < 4.78 is 10.6.